The van der Waals surface area contributed by atoms with Gasteiger partial charge in [0.25, 0.3) is 0 Å². The van der Waals surface area contributed by atoms with Crippen LogP contribution in [-0.2, 0) is 4.74 Å². The third-order valence-corrected chi connectivity index (χ3v) is 2.13. The first kappa shape index (κ1) is 12.5. The lowest BCUT2D eigenvalue weighted by Crippen LogP contribution is -2.25. The molecule has 0 aliphatic carbocycles. The van der Waals surface area contributed by atoms with Gasteiger partial charge in [-0.3, -0.25) is 0 Å². The van der Waals surface area contributed by atoms with Crippen molar-refractivity contribution in [3.8, 4) is 0 Å². The zero-order chi connectivity index (χ0) is 10.5. The van der Waals surface area contributed by atoms with Crippen LogP contribution in [0.3, 0.4) is 0 Å². The number of aliphatic hydroxyl groups excluding tert-OH is 1. The molecule has 0 aromatic carbocycles. The van der Waals surface area contributed by atoms with Crippen LogP contribution in [0.2, 0.25) is 0 Å². The Morgan fingerprint density at radius 2 is 2.00 bits per heavy atom. The number of methoxy groups -OCH3 is 1. The average Bonchev–Trinajstić information content (AvgIpc) is 1.99. The van der Waals surface area contributed by atoms with E-state index in [1.807, 2.05) is 27.7 Å². The molecule has 1 N–H and O–H groups in total. The summed E-state index contributed by atoms with van der Waals surface area (Å²) in [4.78, 5) is 0. The lowest BCUT2D eigenvalue weighted by Gasteiger charge is -2.25. The third-order valence-electron chi connectivity index (χ3n) is 2.13. The van der Waals surface area contributed by atoms with E-state index in [-0.39, 0.29) is 11.5 Å². The molecule has 0 aromatic heterocycles. The molecular weight excluding hydrogens is 164 g/mol. The molecule has 0 radical (unpaired) electrons. The number of hydrogen-bond acceptors (Lipinski definition) is 2. The van der Waals surface area contributed by atoms with Crippen LogP contribution >= 0.6 is 0 Å². The van der Waals surface area contributed by atoms with Crippen LogP contribution in [0, 0.1) is 5.41 Å². The van der Waals surface area contributed by atoms with Gasteiger partial charge in [-0.15, -0.1) is 0 Å². The van der Waals surface area contributed by atoms with Crippen molar-refractivity contribution < 1.29 is 9.84 Å². The Labute approximate surface area is 81.6 Å². The van der Waals surface area contributed by atoms with Gasteiger partial charge in [0.2, 0.25) is 0 Å². The molecule has 2 heteroatoms. The Bertz CT molecular complexity index is 165. The zero-order valence-corrected chi connectivity index (χ0v) is 9.42. The highest BCUT2D eigenvalue weighted by Crippen LogP contribution is 2.23. The highest BCUT2D eigenvalue weighted by Gasteiger charge is 2.21. The number of aliphatic hydroxyl groups is 1. The van der Waals surface area contributed by atoms with Crippen molar-refractivity contribution in [3.05, 3.63) is 11.8 Å². The van der Waals surface area contributed by atoms with Gasteiger partial charge in [-0.25, -0.2) is 0 Å². The molecule has 1 atom stereocenters. The summed E-state index contributed by atoms with van der Waals surface area (Å²) < 4.78 is 4.88. The van der Waals surface area contributed by atoms with Gasteiger partial charge in [-0.1, -0.05) is 20.8 Å². The summed E-state index contributed by atoms with van der Waals surface area (Å²) in [6.45, 7) is 8.16. The Morgan fingerprint density at radius 3 is 2.38 bits per heavy atom. The maximum Gasteiger partial charge on any atom is 0.0813 e. The third kappa shape index (κ3) is 5.69. The fraction of sp³-hybridized carbons (Fsp3) is 0.818. The Balaban J connectivity index is 3.83. The summed E-state index contributed by atoms with van der Waals surface area (Å²) in [5.41, 5.74) is 1.15. The number of ether oxygens (including phenoxy) is 1. The predicted octanol–water partition coefficient (Wildman–Crippen LogP) is 2.72. The minimum atomic E-state index is -0.243. The normalized spacial score (nSPS) is 15.7. The predicted molar refractivity (Wildman–Crippen MR) is 55.5 cm³/mol. The van der Waals surface area contributed by atoms with E-state index in [1.54, 1.807) is 13.4 Å². The first-order valence-electron chi connectivity index (χ1n) is 4.74. The maximum atomic E-state index is 9.73. The quantitative estimate of drug-likeness (QED) is 0.684. The van der Waals surface area contributed by atoms with Gasteiger partial charge in [-0.2, -0.15) is 0 Å². The van der Waals surface area contributed by atoms with Crippen molar-refractivity contribution in [1.82, 2.24) is 0 Å². The highest BCUT2D eigenvalue weighted by atomic mass is 16.5. The molecule has 0 fully saturated rings. The van der Waals surface area contributed by atoms with Crippen molar-refractivity contribution >= 4 is 0 Å². The number of hydrogen-bond donors (Lipinski definition) is 1. The van der Waals surface area contributed by atoms with E-state index >= 15 is 0 Å². The molecule has 0 bridgehead atoms. The zero-order valence-electron chi connectivity index (χ0n) is 9.42. The first-order chi connectivity index (χ1) is 5.88. The SMILES string of the molecule is CO/C=C(\C)CCC(O)C(C)(C)C. The van der Waals surface area contributed by atoms with Crippen LogP contribution in [-0.4, -0.2) is 18.3 Å². The van der Waals surface area contributed by atoms with Gasteiger partial charge in [0, 0.05) is 0 Å². The van der Waals surface area contributed by atoms with Crippen LogP contribution in [0.1, 0.15) is 40.5 Å². The lowest BCUT2D eigenvalue weighted by atomic mass is 9.86. The van der Waals surface area contributed by atoms with Gasteiger partial charge in [-0.05, 0) is 30.8 Å². The fourth-order valence-corrected chi connectivity index (χ4v) is 1.06. The molecule has 0 aromatic rings. The van der Waals surface area contributed by atoms with Crippen molar-refractivity contribution in [2.75, 3.05) is 7.11 Å². The summed E-state index contributed by atoms with van der Waals surface area (Å²) in [5.74, 6) is 0. The maximum absolute atomic E-state index is 9.73. The average molecular weight is 186 g/mol. The van der Waals surface area contributed by atoms with Gasteiger partial charge < -0.3 is 9.84 Å². The van der Waals surface area contributed by atoms with E-state index in [0.29, 0.717) is 0 Å². The van der Waals surface area contributed by atoms with Gasteiger partial charge in [0.15, 0.2) is 0 Å². The van der Waals surface area contributed by atoms with Crippen LogP contribution in [0.4, 0.5) is 0 Å². The minimum Gasteiger partial charge on any atom is -0.504 e. The van der Waals surface area contributed by atoms with E-state index < -0.39 is 0 Å². The smallest absolute Gasteiger partial charge is 0.0813 e. The molecule has 2 nitrogen and oxygen atoms in total. The Kier molecular flexibility index (Phi) is 5.07. The van der Waals surface area contributed by atoms with Crippen LogP contribution in [0.5, 0.6) is 0 Å². The van der Waals surface area contributed by atoms with Crippen molar-refractivity contribution in [3.63, 3.8) is 0 Å². The molecule has 0 saturated carbocycles. The van der Waals surface area contributed by atoms with Crippen molar-refractivity contribution in [1.29, 1.82) is 0 Å². The fourth-order valence-electron chi connectivity index (χ4n) is 1.06. The highest BCUT2D eigenvalue weighted by molar-refractivity contribution is 4.93. The summed E-state index contributed by atoms with van der Waals surface area (Å²) >= 11 is 0. The molecule has 0 rings (SSSR count). The van der Waals surface area contributed by atoms with Crippen LogP contribution < -0.4 is 0 Å². The second-order valence-corrected chi connectivity index (χ2v) is 4.62. The van der Waals surface area contributed by atoms with Gasteiger partial charge in [0.05, 0.1) is 19.5 Å². The summed E-state index contributed by atoms with van der Waals surface area (Å²) in [6.07, 6.45) is 3.18. The molecule has 13 heavy (non-hydrogen) atoms. The van der Waals surface area contributed by atoms with E-state index in [0.717, 1.165) is 12.8 Å². The first-order valence-corrected chi connectivity index (χ1v) is 4.74. The molecule has 1 unspecified atom stereocenters. The standard InChI is InChI=1S/C11H22O2/c1-9(8-13-5)6-7-10(12)11(2,3)4/h8,10,12H,6-7H2,1-5H3/b9-8+. The van der Waals surface area contributed by atoms with E-state index in [2.05, 4.69) is 0 Å². The molecule has 0 heterocycles. The van der Waals surface area contributed by atoms with E-state index in [9.17, 15) is 5.11 Å². The summed E-state index contributed by atoms with van der Waals surface area (Å²) in [7, 11) is 1.64. The lowest BCUT2D eigenvalue weighted by molar-refractivity contribution is 0.0558. The number of allylic oxidation sites excluding steroid dienone is 1. The summed E-state index contributed by atoms with van der Waals surface area (Å²) in [6, 6.07) is 0. The molecular formula is C11H22O2. The second-order valence-electron chi connectivity index (χ2n) is 4.62. The molecule has 0 amide bonds. The molecule has 0 aliphatic rings. The molecule has 78 valence electrons. The largest absolute Gasteiger partial charge is 0.504 e. The molecule has 0 aliphatic heterocycles. The minimum absolute atomic E-state index is 0.0205. The van der Waals surface area contributed by atoms with Gasteiger partial charge in [0.1, 0.15) is 0 Å². The topological polar surface area (TPSA) is 29.5 Å². The van der Waals surface area contributed by atoms with E-state index in [1.165, 1.54) is 5.57 Å². The summed E-state index contributed by atoms with van der Waals surface area (Å²) in [5, 5.41) is 9.73. The van der Waals surface area contributed by atoms with Crippen LogP contribution in [0.15, 0.2) is 11.8 Å². The second kappa shape index (κ2) is 5.28. The Morgan fingerprint density at radius 1 is 1.46 bits per heavy atom. The molecule has 0 spiro atoms. The van der Waals surface area contributed by atoms with Crippen molar-refractivity contribution in [2.24, 2.45) is 5.41 Å². The van der Waals surface area contributed by atoms with E-state index in [4.69, 9.17) is 4.74 Å². The number of rotatable bonds is 4. The van der Waals surface area contributed by atoms with Gasteiger partial charge >= 0.3 is 0 Å². The van der Waals surface area contributed by atoms with Crippen LogP contribution in [0.25, 0.3) is 0 Å². The van der Waals surface area contributed by atoms with Crippen molar-refractivity contribution in [2.45, 2.75) is 46.6 Å². The Hall–Kier alpha value is -0.500. The monoisotopic (exact) mass is 186 g/mol. The molecule has 0 saturated heterocycles.